The number of morpholine rings is 2. The van der Waals surface area contributed by atoms with Crippen molar-refractivity contribution < 1.29 is 27.8 Å². The second-order valence-electron chi connectivity index (χ2n) is 14.6. The molecule has 4 amide bonds. The molecule has 6 aromatic rings. The Morgan fingerprint density at radius 1 is 0.594 bits per heavy atom. The molecule has 2 fully saturated rings. The average molecular weight is 911 g/mol. The highest BCUT2D eigenvalue weighted by molar-refractivity contribution is 7.07. The van der Waals surface area contributed by atoms with E-state index in [4.69, 9.17) is 14.5 Å². The van der Waals surface area contributed by atoms with Gasteiger partial charge in [0.2, 0.25) is 0 Å². The summed E-state index contributed by atoms with van der Waals surface area (Å²) >= 11 is 3.00. The quantitative estimate of drug-likeness (QED) is 0.108. The number of carbonyl (C=O) groups is 2. The number of ether oxygens (including phenoxy) is 2. The Balaban J connectivity index is 0.000000191. The van der Waals surface area contributed by atoms with E-state index in [-0.39, 0.29) is 23.7 Å². The number of amides is 4. The summed E-state index contributed by atoms with van der Waals surface area (Å²) in [4.78, 5) is 38.7. The second-order valence-corrected chi connectivity index (χ2v) is 16.3. The minimum Gasteiger partial charge on any atom is -0.378 e. The third-order valence-corrected chi connectivity index (χ3v) is 12.2. The smallest absolute Gasteiger partial charge is 0.314 e. The summed E-state index contributed by atoms with van der Waals surface area (Å²) in [5, 5.41) is 14.9. The highest BCUT2D eigenvalue weighted by Crippen LogP contribution is 2.27. The fraction of sp³-hybridized carbons (Fsp3) is 0.304. The predicted molar refractivity (Wildman–Crippen MR) is 250 cm³/mol. The zero-order chi connectivity index (χ0) is 44.7. The van der Waals surface area contributed by atoms with Crippen molar-refractivity contribution in [2.45, 2.75) is 13.1 Å². The van der Waals surface area contributed by atoms with Crippen molar-refractivity contribution in [3.05, 3.63) is 129 Å². The van der Waals surface area contributed by atoms with Gasteiger partial charge in [0.15, 0.2) is 9.60 Å². The molecule has 0 atom stereocenters. The molecule has 2 aromatic heterocycles. The maximum atomic E-state index is 13.6. The van der Waals surface area contributed by atoms with Gasteiger partial charge >= 0.3 is 12.1 Å². The van der Waals surface area contributed by atoms with E-state index in [1.165, 1.54) is 58.3 Å². The van der Waals surface area contributed by atoms with Gasteiger partial charge in [0.1, 0.15) is 11.6 Å². The molecule has 0 unspecified atom stereocenters. The number of hydrogen-bond acceptors (Lipinski definition) is 10. The molecule has 0 bridgehead atoms. The van der Waals surface area contributed by atoms with Crippen LogP contribution in [0, 0.1) is 11.6 Å². The molecule has 4 heterocycles. The van der Waals surface area contributed by atoms with Crippen LogP contribution in [0.5, 0.6) is 0 Å². The largest absolute Gasteiger partial charge is 0.378 e. The first kappa shape index (κ1) is 45.7. The number of benzene rings is 4. The molecule has 336 valence electrons. The van der Waals surface area contributed by atoms with Crippen molar-refractivity contribution in [2.75, 3.05) is 89.6 Å². The van der Waals surface area contributed by atoms with Crippen LogP contribution in [0.15, 0.2) is 118 Å². The van der Waals surface area contributed by atoms with Crippen LogP contribution in [0.1, 0.15) is 0 Å². The van der Waals surface area contributed by atoms with E-state index < -0.39 is 0 Å². The number of rotatable bonds is 12. The van der Waals surface area contributed by atoms with Gasteiger partial charge in [-0.1, -0.05) is 30.3 Å². The molecule has 14 nitrogen and oxygen atoms in total. The molecule has 2 saturated heterocycles. The Bertz CT molecular complexity index is 2580. The first-order chi connectivity index (χ1) is 31.3. The standard InChI is InChI=1S/2C23H26FN5O2S/c1-25-22(30)26-10-11-29-21(16-32-23(29)27-19-6-4-18(24)5-7-19)17-2-8-20(9-3-17)28-12-14-31-15-13-28;1-25-22(30)26-9-10-29-21(16-32-23(29)27-19-4-2-3-18(24)15-19)17-5-7-20(8-6-17)28-11-13-31-14-12-28/h2-9,16H,10-15H2,1H3,(H2,25,26,30);2-8,15-16H,9-14H2,1H3,(H2,25,26,30). The van der Waals surface area contributed by atoms with Crippen LogP contribution in [0.25, 0.3) is 22.5 Å². The Morgan fingerprint density at radius 3 is 1.48 bits per heavy atom. The van der Waals surface area contributed by atoms with Gasteiger partial charge < -0.3 is 49.7 Å². The molecular formula is C46H52F2N10O4S2. The van der Waals surface area contributed by atoms with Crippen LogP contribution in [0.4, 0.5) is 41.1 Å². The number of hydrogen-bond donors (Lipinski definition) is 4. The molecule has 2 aliphatic heterocycles. The van der Waals surface area contributed by atoms with Gasteiger partial charge in [-0.05, 0) is 77.9 Å². The van der Waals surface area contributed by atoms with Crippen LogP contribution in [0.3, 0.4) is 0 Å². The Morgan fingerprint density at radius 2 is 1.05 bits per heavy atom. The van der Waals surface area contributed by atoms with Crippen molar-refractivity contribution in [1.82, 2.24) is 30.4 Å². The highest BCUT2D eigenvalue weighted by atomic mass is 32.1. The summed E-state index contributed by atoms with van der Waals surface area (Å²) in [5.41, 5.74) is 7.71. The number of nitrogens with zero attached hydrogens (tertiary/aromatic N) is 6. The zero-order valence-electron chi connectivity index (χ0n) is 35.8. The van der Waals surface area contributed by atoms with Crippen LogP contribution >= 0.6 is 22.7 Å². The Hall–Kier alpha value is -6.34. The molecule has 2 aliphatic rings. The Labute approximate surface area is 378 Å². The summed E-state index contributed by atoms with van der Waals surface area (Å²) in [6, 6.07) is 28.8. The van der Waals surface area contributed by atoms with Gasteiger partial charge in [-0.2, -0.15) is 0 Å². The summed E-state index contributed by atoms with van der Waals surface area (Å²) in [6.07, 6.45) is 0. The number of nitrogens with one attached hydrogen (secondary N) is 4. The van der Waals surface area contributed by atoms with Crippen LogP contribution in [-0.2, 0) is 22.6 Å². The first-order valence-electron chi connectivity index (χ1n) is 21.0. The number of halogens is 2. The monoisotopic (exact) mass is 910 g/mol. The van der Waals surface area contributed by atoms with E-state index in [9.17, 15) is 18.4 Å². The zero-order valence-corrected chi connectivity index (χ0v) is 37.4. The fourth-order valence-corrected chi connectivity index (χ4v) is 8.99. The van der Waals surface area contributed by atoms with Gasteiger partial charge in [0, 0.05) is 88.6 Å². The molecule has 0 saturated carbocycles. The number of aromatic nitrogens is 2. The SMILES string of the molecule is CNC(=O)NCCn1c(-c2ccc(N3CCOCC3)cc2)csc1=Nc1ccc(F)cc1.CNC(=O)NCCn1c(-c2ccc(N3CCOCC3)cc2)csc1=Nc1cccc(F)c1. The lowest BCUT2D eigenvalue weighted by atomic mass is 10.1. The van der Waals surface area contributed by atoms with Gasteiger partial charge in [-0.15, -0.1) is 22.7 Å². The third-order valence-electron chi connectivity index (χ3n) is 10.5. The minimum atomic E-state index is -0.324. The molecule has 0 aliphatic carbocycles. The van der Waals surface area contributed by atoms with E-state index >= 15 is 0 Å². The second kappa shape index (κ2) is 22.8. The lowest BCUT2D eigenvalue weighted by Gasteiger charge is -2.28. The average Bonchev–Trinajstić information content (AvgIpc) is 3.93. The van der Waals surface area contributed by atoms with Gasteiger partial charge in [0.25, 0.3) is 0 Å². The minimum absolute atomic E-state index is 0.228. The maximum absolute atomic E-state index is 13.6. The predicted octanol–water partition coefficient (Wildman–Crippen LogP) is 6.71. The van der Waals surface area contributed by atoms with Crippen molar-refractivity contribution in [2.24, 2.45) is 9.98 Å². The number of carbonyl (C=O) groups excluding carboxylic acids is 2. The third kappa shape index (κ3) is 12.4. The van der Waals surface area contributed by atoms with Crippen LogP contribution < -0.4 is 40.7 Å². The van der Waals surface area contributed by atoms with Crippen molar-refractivity contribution in [3.8, 4) is 22.5 Å². The van der Waals surface area contributed by atoms with E-state index in [0.29, 0.717) is 37.6 Å². The van der Waals surface area contributed by atoms with Crippen molar-refractivity contribution >= 4 is 57.5 Å². The van der Waals surface area contributed by atoms with Crippen LogP contribution in [-0.4, -0.2) is 101 Å². The normalized spacial score (nSPS) is 14.4. The van der Waals surface area contributed by atoms with E-state index in [1.807, 2.05) is 5.38 Å². The van der Waals surface area contributed by atoms with Crippen molar-refractivity contribution in [3.63, 3.8) is 0 Å². The lowest BCUT2D eigenvalue weighted by molar-refractivity contribution is 0.122. The molecule has 4 aromatic carbocycles. The molecule has 8 rings (SSSR count). The van der Waals surface area contributed by atoms with Crippen LogP contribution in [0.2, 0.25) is 0 Å². The van der Waals surface area contributed by atoms with Crippen molar-refractivity contribution in [1.29, 1.82) is 0 Å². The number of urea groups is 2. The Kier molecular flexibility index (Phi) is 16.3. The van der Waals surface area contributed by atoms with Gasteiger partial charge in [0.05, 0.1) is 49.2 Å². The topological polar surface area (TPSA) is 142 Å². The molecule has 0 radical (unpaired) electrons. The van der Waals surface area contributed by atoms with E-state index in [0.717, 1.165) is 84.7 Å². The number of thiazole rings is 2. The molecule has 64 heavy (non-hydrogen) atoms. The highest BCUT2D eigenvalue weighted by Gasteiger charge is 2.15. The van der Waals surface area contributed by atoms with E-state index in [1.54, 1.807) is 38.4 Å². The molecule has 0 spiro atoms. The fourth-order valence-electron chi connectivity index (χ4n) is 7.08. The maximum Gasteiger partial charge on any atom is 0.314 e. The number of anilines is 2. The summed E-state index contributed by atoms with van der Waals surface area (Å²) in [6.45, 7) is 8.52. The van der Waals surface area contributed by atoms with Gasteiger partial charge in [-0.3, -0.25) is 0 Å². The van der Waals surface area contributed by atoms with Gasteiger partial charge in [-0.25, -0.2) is 28.4 Å². The molecular weight excluding hydrogens is 859 g/mol. The summed E-state index contributed by atoms with van der Waals surface area (Å²) < 4.78 is 41.9. The van der Waals surface area contributed by atoms with E-state index in [2.05, 4.69) is 99.1 Å². The summed E-state index contributed by atoms with van der Waals surface area (Å²) in [5.74, 6) is -0.617. The first-order valence-corrected chi connectivity index (χ1v) is 22.8. The lowest BCUT2D eigenvalue weighted by Crippen LogP contribution is -2.36. The molecule has 4 N–H and O–H groups in total. The summed E-state index contributed by atoms with van der Waals surface area (Å²) in [7, 11) is 3.17. The molecule has 18 heteroatoms.